The van der Waals surface area contributed by atoms with Crippen LogP contribution in [-0.4, -0.2) is 21.6 Å². The molecule has 146 valence electrons. The first-order chi connectivity index (χ1) is 13.8. The number of carbonyl (C=O) groups is 2. The highest BCUT2D eigenvalue weighted by molar-refractivity contribution is 5.97. The zero-order chi connectivity index (χ0) is 21.1. The largest absolute Gasteiger partial charge is 0.477 e. The third-order valence-corrected chi connectivity index (χ3v) is 4.69. The Kier molecular flexibility index (Phi) is 5.51. The van der Waals surface area contributed by atoms with Crippen molar-refractivity contribution in [2.24, 2.45) is 13.0 Å². The van der Waals surface area contributed by atoms with Gasteiger partial charge in [0.05, 0.1) is 5.56 Å². The summed E-state index contributed by atoms with van der Waals surface area (Å²) in [5.41, 5.74) is 4.14. The van der Waals surface area contributed by atoms with Crippen LogP contribution in [0.5, 0.6) is 0 Å². The van der Waals surface area contributed by atoms with Crippen molar-refractivity contribution in [2.45, 2.75) is 13.8 Å². The molecule has 0 atom stereocenters. The van der Waals surface area contributed by atoms with Crippen LogP contribution in [0, 0.1) is 17.2 Å². The molecule has 0 saturated carbocycles. The molecule has 0 radical (unpaired) electrons. The maximum Gasteiger partial charge on any atom is 0.353 e. The van der Waals surface area contributed by atoms with E-state index < -0.39 is 5.97 Å². The summed E-state index contributed by atoms with van der Waals surface area (Å²) >= 11 is 0. The van der Waals surface area contributed by atoms with Crippen LogP contribution in [0.1, 0.15) is 29.9 Å². The molecule has 1 aromatic heterocycles. The minimum Gasteiger partial charge on any atom is -0.477 e. The lowest BCUT2D eigenvalue weighted by Crippen LogP contribution is -2.17. The summed E-state index contributed by atoms with van der Waals surface area (Å²) in [5, 5.41) is 21.7. The van der Waals surface area contributed by atoms with Crippen molar-refractivity contribution in [3.8, 4) is 28.3 Å². The Labute approximate surface area is 169 Å². The number of benzene rings is 2. The van der Waals surface area contributed by atoms with Gasteiger partial charge in [-0.25, -0.2) is 4.79 Å². The predicted molar refractivity (Wildman–Crippen MR) is 111 cm³/mol. The van der Waals surface area contributed by atoms with Crippen molar-refractivity contribution in [3.63, 3.8) is 0 Å². The van der Waals surface area contributed by atoms with Gasteiger partial charge in [-0.1, -0.05) is 50.2 Å². The van der Waals surface area contributed by atoms with Gasteiger partial charge in [-0.2, -0.15) is 5.26 Å². The molecule has 2 N–H and O–H groups in total. The van der Waals surface area contributed by atoms with Gasteiger partial charge in [0.2, 0.25) is 5.91 Å². The van der Waals surface area contributed by atoms with E-state index in [1.807, 2.05) is 62.4 Å². The molecule has 3 rings (SSSR count). The van der Waals surface area contributed by atoms with E-state index in [9.17, 15) is 20.0 Å². The number of anilines is 1. The van der Waals surface area contributed by atoms with Crippen LogP contribution in [0.15, 0.2) is 54.7 Å². The summed E-state index contributed by atoms with van der Waals surface area (Å²) in [6, 6.07) is 17.0. The molecule has 0 aliphatic rings. The van der Waals surface area contributed by atoms with Gasteiger partial charge in [0.1, 0.15) is 11.8 Å². The molecule has 6 nitrogen and oxygen atoms in total. The number of hydrogen-bond donors (Lipinski definition) is 2. The first kappa shape index (κ1) is 19.9. The number of carboxylic acids is 1. The number of amides is 1. The average Bonchev–Trinajstić information content (AvgIpc) is 3.05. The van der Waals surface area contributed by atoms with Gasteiger partial charge < -0.3 is 15.0 Å². The lowest BCUT2D eigenvalue weighted by molar-refractivity contribution is -0.118. The highest BCUT2D eigenvalue weighted by atomic mass is 16.4. The van der Waals surface area contributed by atoms with E-state index in [0.717, 1.165) is 16.8 Å². The third-order valence-electron chi connectivity index (χ3n) is 4.69. The van der Waals surface area contributed by atoms with Crippen LogP contribution in [-0.2, 0) is 11.8 Å². The number of hydrogen-bond acceptors (Lipinski definition) is 3. The number of aromatic carboxylic acids is 1. The first-order valence-electron chi connectivity index (χ1n) is 9.16. The molecule has 1 heterocycles. The number of nitriles is 1. The Morgan fingerprint density at radius 2 is 1.52 bits per heavy atom. The van der Waals surface area contributed by atoms with E-state index in [1.54, 1.807) is 7.05 Å². The van der Waals surface area contributed by atoms with Crippen molar-refractivity contribution in [3.05, 3.63) is 66.0 Å². The van der Waals surface area contributed by atoms with Gasteiger partial charge in [0.15, 0.2) is 0 Å². The van der Waals surface area contributed by atoms with Crippen molar-refractivity contribution in [1.82, 2.24) is 4.57 Å². The summed E-state index contributed by atoms with van der Waals surface area (Å²) in [5.74, 6) is -1.20. The van der Waals surface area contributed by atoms with Crippen LogP contribution in [0.4, 0.5) is 5.69 Å². The molecule has 0 bridgehead atoms. The second-order valence-corrected chi connectivity index (χ2v) is 7.09. The molecule has 0 spiro atoms. The van der Waals surface area contributed by atoms with Crippen molar-refractivity contribution in [2.75, 3.05) is 5.32 Å². The second-order valence-electron chi connectivity index (χ2n) is 7.09. The number of carboxylic acid groups (broad SMARTS) is 1. The van der Waals surface area contributed by atoms with Gasteiger partial charge in [-0.3, -0.25) is 4.79 Å². The minimum absolute atomic E-state index is 0.0347. The van der Waals surface area contributed by atoms with Crippen molar-refractivity contribution >= 4 is 17.6 Å². The van der Waals surface area contributed by atoms with Crippen molar-refractivity contribution < 1.29 is 14.7 Å². The molecule has 0 aliphatic heterocycles. The fourth-order valence-electron chi connectivity index (χ4n) is 3.12. The number of rotatable bonds is 5. The molecule has 0 saturated heterocycles. The van der Waals surface area contributed by atoms with Gasteiger partial charge in [0.25, 0.3) is 0 Å². The number of aryl methyl sites for hydroxylation is 1. The van der Waals surface area contributed by atoms with Crippen LogP contribution >= 0.6 is 0 Å². The van der Waals surface area contributed by atoms with E-state index in [4.69, 9.17) is 0 Å². The van der Waals surface area contributed by atoms with Gasteiger partial charge >= 0.3 is 5.97 Å². The third kappa shape index (κ3) is 4.04. The molecule has 1 amide bonds. The predicted octanol–water partition coefficient (Wildman–Crippen LogP) is 4.52. The Morgan fingerprint density at radius 1 is 1.00 bits per heavy atom. The number of nitrogens with zero attached hydrogens (tertiary/aromatic N) is 2. The standard InChI is InChI=1S/C23H21N3O3/c1-14(2)22(27)25-19-10-8-16(9-11-19)15-4-6-17(7-5-15)20-18(12-24)13-26(3)21(20)23(28)29/h4-11,13-14H,1-3H3,(H,25,27)(H,28,29). The highest BCUT2D eigenvalue weighted by Crippen LogP contribution is 2.31. The lowest BCUT2D eigenvalue weighted by atomic mass is 9.98. The fraction of sp³-hybridized carbons (Fsp3) is 0.174. The fourth-order valence-corrected chi connectivity index (χ4v) is 3.12. The average molecular weight is 387 g/mol. The highest BCUT2D eigenvalue weighted by Gasteiger charge is 2.21. The summed E-state index contributed by atoms with van der Waals surface area (Å²) in [6.07, 6.45) is 1.52. The number of carbonyl (C=O) groups excluding carboxylic acids is 1. The van der Waals surface area contributed by atoms with Crippen LogP contribution in [0.25, 0.3) is 22.3 Å². The minimum atomic E-state index is -1.08. The Balaban J connectivity index is 1.89. The van der Waals surface area contributed by atoms with E-state index in [2.05, 4.69) is 11.4 Å². The van der Waals surface area contributed by atoms with Crippen molar-refractivity contribution in [1.29, 1.82) is 5.26 Å². The molecule has 0 aliphatic carbocycles. The molecule has 29 heavy (non-hydrogen) atoms. The molecule has 0 fully saturated rings. The summed E-state index contributed by atoms with van der Waals surface area (Å²) < 4.78 is 1.45. The van der Waals surface area contributed by atoms with E-state index >= 15 is 0 Å². The molecule has 2 aromatic carbocycles. The second kappa shape index (κ2) is 8.03. The van der Waals surface area contributed by atoms with E-state index in [1.165, 1.54) is 10.8 Å². The van der Waals surface area contributed by atoms with Gasteiger partial charge in [-0.15, -0.1) is 0 Å². The molecular weight excluding hydrogens is 366 g/mol. The molecule has 3 aromatic rings. The molecule has 0 unspecified atom stereocenters. The van der Waals surface area contributed by atoms with E-state index in [0.29, 0.717) is 16.7 Å². The normalized spacial score (nSPS) is 10.6. The molecule has 6 heteroatoms. The Hall–Kier alpha value is -3.85. The summed E-state index contributed by atoms with van der Waals surface area (Å²) in [4.78, 5) is 23.4. The van der Waals surface area contributed by atoms with Crippen LogP contribution in [0.3, 0.4) is 0 Å². The van der Waals surface area contributed by atoms with Crippen LogP contribution < -0.4 is 5.32 Å². The molecular formula is C23H21N3O3. The topological polar surface area (TPSA) is 95.1 Å². The zero-order valence-corrected chi connectivity index (χ0v) is 16.4. The summed E-state index contributed by atoms with van der Waals surface area (Å²) in [6.45, 7) is 3.68. The van der Waals surface area contributed by atoms with Gasteiger partial charge in [-0.05, 0) is 28.8 Å². The van der Waals surface area contributed by atoms with E-state index in [-0.39, 0.29) is 17.5 Å². The lowest BCUT2D eigenvalue weighted by Gasteiger charge is -2.09. The monoisotopic (exact) mass is 387 g/mol. The quantitative estimate of drug-likeness (QED) is 0.673. The smallest absolute Gasteiger partial charge is 0.353 e. The zero-order valence-electron chi connectivity index (χ0n) is 16.4. The first-order valence-corrected chi connectivity index (χ1v) is 9.16. The number of nitrogens with one attached hydrogen (secondary N) is 1. The number of aromatic nitrogens is 1. The van der Waals surface area contributed by atoms with Gasteiger partial charge in [0, 0.05) is 30.4 Å². The summed E-state index contributed by atoms with van der Waals surface area (Å²) in [7, 11) is 1.61. The Bertz CT molecular complexity index is 1100. The SMILES string of the molecule is CC(C)C(=O)Nc1ccc(-c2ccc(-c3c(C#N)cn(C)c3C(=O)O)cc2)cc1. The van der Waals surface area contributed by atoms with Crippen LogP contribution in [0.2, 0.25) is 0 Å². The maximum atomic E-state index is 11.8. The Morgan fingerprint density at radius 3 is 2.00 bits per heavy atom. The maximum absolute atomic E-state index is 11.8.